The average Bonchev–Trinajstić information content (AvgIpc) is 3.56. The highest BCUT2D eigenvalue weighted by Gasteiger charge is 2.50. The molecule has 0 unspecified atom stereocenters. The van der Waals surface area contributed by atoms with Crippen molar-refractivity contribution in [2.45, 2.75) is 31.8 Å². The van der Waals surface area contributed by atoms with E-state index < -0.39 is 41.8 Å². The van der Waals surface area contributed by atoms with Crippen LogP contribution in [0.4, 0.5) is 9.18 Å². The predicted octanol–water partition coefficient (Wildman–Crippen LogP) is 3.87. The zero-order valence-electron chi connectivity index (χ0n) is 19.2. The fraction of sp³-hybridized carbons (Fsp3) is 0.231. The van der Waals surface area contributed by atoms with Gasteiger partial charge in [-0.25, -0.2) is 14.2 Å². The first-order chi connectivity index (χ1) is 16.8. The van der Waals surface area contributed by atoms with Crippen LogP contribution in [0.25, 0.3) is 0 Å². The number of nitrogens with zero attached hydrogens (tertiary/aromatic N) is 3. The standard InChI is InChI=1S/C26H23FN4O4/c1-16-5-7-17(8-6-16)20-14-21(22-4-3-13-35-22)31(29-20)23(32)15-30-24(33)26(2,28-25(30)34)18-9-11-19(27)12-10-18/h3-13,21H,14-15H2,1-2H3,(H,28,34)/t21-,26+/m1/s1. The van der Waals surface area contributed by atoms with E-state index in [0.29, 0.717) is 23.5 Å². The third-order valence-corrected chi connectivity index (χ3v) is 6.41. The fourth-order valence-corrected chi connectivity index (χ4v) is 4.39. The molecule has 0 aliphatic carbocycles. The van der Waals surface area contributed by atoms with Gasteiger partial charge in [0.15, 0.2) is 0 Å². The zero-order valence-corrected chi connectivity index (χ0v) is 19.2. The third kappa shape index (κ3) is 3.99. The molecule has 35 heavy (non-hydrogen) atoms. The second kappa shape index (κ2) is 8.50. The van der Waals surface area contributed by atoms with E-state index in [9.17, 15) is 18.8 Å². The molecule has 2 aliphatic rings. The van der Waals surface area contributed by atoms with Gasteiger partial charge in [-0.1, -0.05) is 42.0 Å². The molecule has 0 bridgehead atoms. The lowest BCUT2D eigenvalue weighted by molar-refractivity contribution is -0.140. The van der Waals surface area contributed by atoms with Gasteiger partial charge in [0.1, 0.15) is 29.7 Å². The summed E-state index contributed by atoms with van der Waals surface area (Å²) >= 11 is 0. The molecule has 178 valence electrons. The van der Waals surface area contributed by atoms with Crippen LogP contribution in [0.1, 0.15) is 41.8 Å². The van der Waals surface area contributed by atoms with Crippen molar-refractivity contribution in [1.82, 2.24) is 15.2 Å². The molecule has 3 heterocycles. The Morgan fingerprint density at radius 2 is 1.86 bits per heavy atom. The monoisotopic (exact) mass is 474 g/mol. The summed E-state index contributed by atoms with van der Waals surface area (Å²) < 4.78 is 18.9. The number of furan rings is 1. The summed E-state index contributed by atoms with van der Waals surface area (Å²) in [6, 6.07) is 15.4. The number of carbonyl (C=O) groups excluding carboxylic acids is 3. The van der Waals surface area contributed by atoms with Gasteiger partial charge in [-0.2, -0.15) is 5.10 Å². The minimum atomic E-state index is -1.41. The molecule has 9 heteroatoms. The van der Waals surface area contributed by atoms with Crippen molar-refractivity contribution in [3.63, 3.8) is 0 Å². The van der Waals surface area contributed by atoms with Crippen molar-refractivity contribution in [3.05, 3.63) is 95.2 Å². The van der Waals surface area contributed by atoms with Gasteiger partial charge in [-0.15, -0.1) is 0 Å². The number of rotatable bonds is 5. The molecular formula is C26H23FN4O4. The van der Waals surface area contributed by atoms with Crippen molar-refractivity contribution >= 4 is 23.6 Å². The molecule has 2 aromatic carbocycles. The molecule has 0 spiro atoms. The number of nitrogens with one attached hydrogen (secondary N) is 1. The summed E-state index contributed by atoms with van der Waals surface area (Å²) in [6.45, 7) is 3.02. The van der Waals surface area contributed by atoms with E-state index in [1.54, 1.807) is 12.1 Å². The van der Waals surface area contributed by atoms with E-state index in [4.69, 9.17) is 4.42 Å². The molecule has 3 aromatic rings. The van der Waals surface area contributed by atoms with E-state index in [2.05, 4.69) is 10.4 Å². The normalized spacial score (nSPS) is 21.9. The van der Waals surface area contributed by atoms with Crippen LogP contribution < -0.4 is 5.32 Å². The summed E-state index contributed by atoms with van der Waals surface area (Å²) in [6.07, 6.45) is 1.95. The van der Waals surface area contributed by atoms with Crippen LogP contribution >= 0.6 is 0 Å². The number of hydrogen-bond acceptors (Lipinski definition) is 5. The molecule has 2 aliphatic heterocycles. The Morgan fingerprint density at radius 3 is 2.51 bits per heavy atom. The Labute approximate surface area is 201 Å². The minimum absolute atomic E-state index is 0.418. The Balaban J connectivity index is 1.40. The number of amides is 4. The van der Waals surface area contributed by atoms with Gasteiger partial charge in [0, 0.05) is 6.42 Å². The van der Waals surface area contributed by atoms with Gasteiger partial charge in [0.05, 0.1) is 12.0 Å². The summed E-state index contributed by atoms with van der Waals surface area (Å²) in [5.41, 5.74) is 1.69. The predicted molar refractivity (Wildman–Crippen MR) is 125 cm³/mol. The lowest BCUT2D eigenvalue weighted by Gasteiger charge is -2.24. The number of benzene rings is 2. The van der Waals surface area contributed by atoms with Gasteiger partial charge in [0.25, 0.3) is 11.8 Å². The SMILES string of the molecule is Cc1ccc(C2=NN(C(=O)CN3C(=O)N[C@@](C)(c4ccc(F)cc4)C3=O)[C@@H](c3ccco3)C2)cc1. The maximum atomic E-state index is 13.4. The smallest absolute Gasteiger partial charge is 0.325 e. The number of carbonyl (C=O) groups is 3. The molecule has 2 atom stereocenters. The largest absolute Gasteiger partial charge is 0.467 e. The molecule has 1 saturated heterocycles. The first-order valence-corrected chi connectivity index (χ1v) is 11.2. The van der Waals surface area contributed by atoms with Crippen LogP contribution in [-0.2, 0) is 15.1 Å². The molecule has 1 aromatic heterocycles. The maximum absolute atomic E-state index is 13.4. The van der Waals surface area contributed by atoms with Crippen LogP contribution in [0.15, 0.2) is 76.4 Å². The Hall–Kier alpha value is -4.27. The van der Waals surface area contributed by atoms with Crippen LogP contribution in [0.5, 0.6) is 0 Å². The van der Waals surface area contributed by atoms with Gasteiger partial charge < -0.3 is 9.73 Å². The van der Waals surface area contributed by atoms with Crippen molar-refractivity contribution in [2.75, 3.05) is 6.54 Å². The highest BCUT2D eigenvalue weighted by atomic mass is 19.1. The van der Waals surface area contributed by atoms with Gasteiger partial charge in [-0.3, -0.25) is 14.5 Å². The molecular weight excluding hydrogens is 451 g/mol. The third-order valence-electron chi connectivity index (χ3n) is 6.41. The van der Waals surface area contributed by atoms with Crippen molar-refractivity contribution in [3.8, 4) is 0 Å². The zero-order chi connectivity index (χ0) is 24.7. The van der Waals surface area contributed by atoms with E-state index in [1.807, 2.05) is 31.2 Å². The summed E-state index contributed by atoms with van der Waals surface area (Å²) in [7, 11) is 0. The highest BCUT2D eigenvalue weighted by Crippen LogP contribution is 2.34. The number of imide groups is 1. The van der Waals surface area contributed by atoms with E-state index in [0.717, 1.165) is 16.0 Å². The maximum Gasteiger partial charge on any atom is 0.325 e. The van der Waals surface area contributed by atoms with Crippen LogP contribution in [0, 0.1) is 12.7 Å². The second-order valence-corrected chi connectivity index (χ2v) is 8.84. The van der Waals surface area contributed by atoms with Gasteiger partial charge in [0.2, 0.25) is 0 Å². The average molecular weight is 474 g/mol. The first kappa shape index (κ1) is 22.5. The number of halogens is 1. The minimum Gasteiger partial charge on any atom is -0.467 e. The lowest BCUT2D eigenvalue weighted by atomic mass is 9.92. The topological polar surface area (TPSA) is 95.2 Å². The van der Waals surface area contributed by atoms with Crippen molar-refractivity contribution in [2.24, 2.45) is 5.10 Å². The van der Waals surface area contributed by atoms with Gasteiger partial charge in [-0.05, 0) is 49.2 Å². The first-order valence-electron chi connectivity index (χ1n) is 11.2. The summed E-state index contributed by atoms with van der Waals surface area (Å²) in [5, 5.41) is 8.46. The molecule has 1 N–H and O–H groups in total. The molecule has 0 radical (unpaired) electrons. The highest BCUT2D eigenvalue weighted by molar-refractivity contribution is 6.09. The summed E-state index contributed by atoms with van der Waals surface area (Å²) in [4.78, 5) is 40.2. The van der Waals surface area contributed by atoms with Crippen molar-refractivity contribution < 1.29 is 23.2 Å². The van der Waals surface area contributed by atoms with E-state index >= 15 is 0 Å². The van der Waals surface area contributed by atoms with E-state index in [1.165, 1.54) is 42.5 Å². The molecule has 4 amide bonds. The lowest BCUT2D eigenvalue weighted by Crippen LogP contribution is -2.43. The van der Waals surface area contributed by atoms with Crippen LogP contribution in [0.2, 0.25) is 0 Å². The molecule has 8 nitrogen and oxygen atoms in total. The molecule has 1 fully saturated rings. The summed E-state index contributed by atoms with van der Waals surface area (Å²) in [5.74, 6) is -1.03. The molecule has 5 rings (SSSR count). The Bertz CT molecular complexity index is 1320. The number of urea groups is 1. The quantitative estimate of drug-likeness (QED) is 0.568. The van der Waals surface area contributed by atoms with Crippen LogP contribution in [-0.4, -0.2) is 40.0 Å². The van der Waals surface area contributed by atoms with Crippen molar-refractivity contribution in [1.29, 1.82) is 0 Å². The number of hydrazone groups is 1. The Morgan fingerprint density at radius 1 is 1.14 bits per heavy atom. The molecule has 0 saturated carbocycles. The Kier molecular flexibility index (Phi) is 5.47. The van der Waals surface area contributed by atoms with Crippen LogP contribution in [0.3, 0.4) is 0 Å². The second-order valence-electron chi connectivity index (χ2n) is 8.84. The fourth-order valence-electron chi connectivity index (χ4n) is 4.39. The number of hydrogen-bond donors (Lipinski definition) is 1. The van der Waals surface area contributed by atoms with Gasteiger partial charge >= 0.3 is 6.03 Å². The van der Waals surface area contributed by atoms with E-state index in [-0.39, 0.29) is 0 Å². The number of aryl methyl sites for hydroxylation is 1.